The van der Waals surface area contributed by atoms with Crippen LogP contribution in [0.2, 0.25) is 0 Å². The van der Waals surface area contributed by atoms with Crippen molar-refractivity contribution in [3.05, 3.63) is 28.7 Å². The summed E-state index contributed by atoms with van der Waals surface area (Å²) < 4.78 is 4.88. The molecule has 0 saturated carbocycles. The number of H-pyrrole nitrogens is 1. The molecule has 2 aromatic rings. The fourth-order valence-electron chi connectivity index (χ4n) is 1.53. The Morgan fingerprint density at radius 2 is 2.35 bits per heavy atom. The average molecular weight is 235 g/mol. The van der Waals surface area contributed by atoms with E-state index in [1.807, 2.05) is 0 Å². The Bertz CT molecular complexity index is 597. The number of aromatic nitrogens is 1. The summed E-state index contributed by atoms with van der Waals surface area (Å²) in [7, 11) is 0. The van der Waals surface area contributed by atoms with Gasteiger partial charge in [0.1, 0.15) is 0 Å². The third-order valence-electron chi connectivity index (χ3n) is 2.21. The van der Waals surface area contributed by atoms with Gasteiger partial charge >= 0.3 is 5.76 Å². The lowest BCUT2D eigenvalue weighted by Gasteiger charge is -2.06. The first-order valence-corrected chi connectivity index (χ1v) is 5.23. The zero-order valence-corrected chi connectivity index (χ0v) is 9.32. The molecule has 90 valence electrons. The molecule has 0 saturated heterocycles. The van der Waals surface area contributed by atoms with Crippen molar-refractivity contribution < 1.29 is 9.21 Å². The minimum atomic E-state index is -0.515. The SMILES string of the molecule is CC(N)CC(=O)Nc1ccc2[nH]c(=O)oc2c1. The van der Waals surface area contributed by atoms with E-state index in [1.165, 1.54) is 0 Å². The highest BCUT2D eigenvalue weighted by Gasteiger charge is 2.07. The van der Waals surface area contributed by atoms with E-state index in [2.05, 4.69) is 10.3 Å². The first-order chi connectivity index (χ1) is 8.04. The fraction of sp³-hybridized carbons (Fsp3) is 0.273. The van der Waals surface area contributed by atoms with E-state index in [-0.39, 0.29) is 18.4 Å². The van der Waals surface area contributed by atoms with Crippen LogP contribution in [0.5, 0.6) is 0 Å². The molecule has 1 heterocycles. The molecule has 0 aliphatic rings. The van der Waals surface area contributed by atoms with Gasteiger partial charge in [-0.1, -0.05) is 0 Å². The van der Waals surface area contributed by atoms with Crippen molar-refractivity contribution >= 4 is 22.7 Å². The van der Waals surface area contributed by atoms with Crippen molar-refractivity contribution in [3.63, 3.8) is 0 Å². The Morgan fingerprint density at radius 3 is 3.06 bits per heavy atom. The molecule has 17 heavy (non-hydrogen) atoms. The normalized spacial score (nSPS) is 12.6. The molecule has 1 aromatic heterocycles. The molecule has 0 aliphatic carbocycles. The lowest BCUT2D eigenvalue weighted by Crippen LogP contribution is -2.23. The molecule has 1 atom stereocenters. The summed E-state index contributed by atoms with van der Waals surface area (Å²) in [6.45, 7) is 1.76. The summed E-state index contributed by atoms with van der Waals surface area (Å²) in [5, 5.41) is 2.68. The van der Waals surface area contributed by atoms with Crippen molar-refractivity contribution in [3.8, 4) is 0 Å². The van der Waals surface area contributed by atoms with Crippen molar-refractivity contribution in [1.82, 2.24) is 4.98 Å². The number of oxazole rings is 1. The van der Waals surface area contributed by atoms with Gasteiger partial charge in [0.05, 0.1) is 5.52 Å². The van der Waals surface area contributed by atoms with E-state index < -0.39 is 5.76 Å². The number of aromatic amines is 1. The number of rotatable bonds is 3. The van der Waals surface area contributed by atoms with E-state index >= 15 is 0 Å². The highest BCUT2D eigenvalue weighted by molar-refractivity contribution is 5.92. The van der Waals surface area contributed by atoms with E-state index in [0.717, 1.165) is 0 Å². The van der Waals surface area contributed by atoms with Gasteiger partial charge in [-0.3, -0.25) is 9.78 Å². The number of nitrogens with one attached hydrogen (secondary N) is 2. The van der Waals surface area contributed by atoms with E-state index in [1.54, 1.807) is 25.1 Å². The highest BCUT2D eigenvalue weighted by Crippen LogP contribution is 2.16. The lowest BCUT2D eigenvalue weighted by atomic mass is 10.2. The molecule has 6 heteroatoms. The average Bonchev–Trinajstić information content (AvgIpc) is 2.55. The number of amides is 1. The Labute approximate surface area is 96.8 Å². The second-order valence-electron chi connectivity index (χ2n) is 3.96. The van der Waals surface area contributed by atoms with Crippen molar-refractivity contribution in [2.45, 2.75) is 19.4 Å². The number of carbonyl (C=O) groups excluding carboxylic acids is 1. The van der Waals surface area contributed by atoms with E-state index in [4.69, 9.17) is 10.2 Å². The van der Waals surface area contributed by atoms with Crippen LogP contribution in [0.25, 0.3) is 11.1 Å². The minimum Gasteiger partial charge on any atom is -0.408 e. The first kappa shape index (κ1) is 11.4. The molecule has 1 unspecified atom stereocenters. The quantitative estimate of drug-likeness (QED) is 0.732. The molecular weight excluding hydrogens is 222 g/mol. The molecule has 2 rings (SSSR count). The standard InChI is InChI=1S/C11H13N3O3/c1-6(12)4-10(15)13-7-2-3-8-9(5-7)17-11(16)14-8/h2-3,5-6H,4,12H2,1H3,(H,13,15)(H,14,16). The molecule has 1 amide bonds. The van der Waals surface area contributed by atoms with Gasteiger partial charge in [-0.15, -0.1) is 0 Å². The molecule has 0 aliphatic heterocycles. The number of anilines is 1. The maximum atomic E-state index is 11.5. The zero-order chi connectivity index (χ0) is 12.4. The first-order valence-electron chi connectivity index (χ1n) is 5.23. The van der Waals surface area contributed by atoms with E-state index in [9.17, 15) is 9.59 Å². The molecule has 4 N–H and O–H groups in total. The van der Waals surface area contributed by atoms with Crippen LogP contribution in [-0.2, 0) is 4.79 Å². The van der Waals surface area contributed by atoms with Crippen molar-refractivity contribution in [2.24, 2.45) is 5.73 Å². The highest BCUT2D eigenvalue weighted by atomic mass is 16.4. The summed E-state index contributed by atoms with van der Waals surface area (Å²) >= 11 is 0. The second-order valence-corrected chi connectivity index (χ2v) is 3.96. The molecular formula is C11H13N3O3. The fourth-order valence-corrected chi connectivity index (χ4v) is 1.53. The van der Waals surface area contributed by atoms with Crippen LogP contribution in [0, 0.1) is 0 Å². The number of benzene rings is 1. The molecule has 1 aromatic carbocycles. The number of fused-ring (bicyclic) bond motifs is 1. The van der Waals surface area contributed by atoms with Crippen LogP contribution < -0.4 is 16.8 Å². The Morgan fingerprint density at radius 1 is 1.59 bits per heavy atom. The molecule has 0 bridgehead atoms. The van der Waals surface area contributed by atoms with Crippen LogP contribution >= 0.6 is 0 Å². The molecule has 0 radical (unpaired) electrons. The van der Waals surface area contributed by atoms with Crippen LogP contribution in [0.4, 0.5) is 5.69 Å². The maximum Gasteiger partial charge on any atom is 0.417 e. The Balaban J connectivity index is 2.19. The monoisotopic (exact) mass is 235 g/mol. The van der Waals surface area contributed by atoms with Gasteiger partial charge in [0, 0.05) is 24.2 Å². The second kappa shape index (κ2) is 4.42. The maximum absolute atomic E-state index is 11.5. The third-order valence-corrected chi connectivity index (χ3v) is 2.21. The topological polar surface area (TPSA) is 101 Å². The van der Waals surface area contributed by atoms with Crippen LogP contribution in [0.3, 0.4) is 0 Å². The van der Waals surface area contributed by atoms with Crippen LogP contribution in [0.1, 0.15) is 13.3 Å². The summed E-state index contributed by atoms with van der Waals surface area (Å²) in [6, 6.07) is 4.75. The lowest BCUT2D eigenvalue weighted by molar-refractivity contribution is -0.116. The van der Waals surface area contributed by atoms with E-state index in [0.29, 0.717) is 16.8 Å². The zero-order valence-electron chi connectivity index (χ0n) is 9.32. The van der Waals surface area contributed by atoms with Crippen LogP contribution in [-0.4, -0.2) is 16.9 Å². The molecule has 6 nitrogen and oxygen atoms in total. The smallest absolute Gasteiger partial charge is 0.408 e. The van der Waals surface area contributed by atoms with Gasteiger partial charge < -0.3 is 15.5 Å². The van der Waals surface area contributed by atoms with Crippen molar-refractivity contribution in [2.75, 3.05) is 5.32 Å². The Hall–Kier alpha value is -2.08. The van der Waals surface area contributed by atoms with Gasteiger partial charge in [-0.05, 0) is 19.1 Å². The summed E-state index contributed by atoms with van der Waals surface area (Å²) in [4.78, 5) is 24.9. The summed E-state index contributed by atoms with van der Waals surface area (Å²) in [5.41, 5.74) is 7.10. The van der Waals surface area contributed by atoms with Gasteiger partial charge in [-0.25, -0.2) is 4.79 Å². The Kier molecular flexibility index (Phi) is 2.97. The predicted molar refractivity (Wildman–Crippen MR) is 63.7 cm³/mol. The summed E-state index contributed by atoms with van der Waals surface area (Å²) in [6.07, 6.45) is 0.245. The van der Waals surface area contributed by atoms with Gasteiger partial charge in [-0.2, -0.15) is 0 Å². The van der Waals surface area contributed by atoms with Crippen molar-refractivity contribution in [1.29, 1.82) is 0 Å². The van der Waals surface area contributed by atoms with Crippen LogP contribution in [0.15, 0.2) is 27.4 Å². The number of hydrogen-bond donors (Lipinski definition) is 3. The molecule has 0 spiro atoms. The molecule has 0 fully saturated rings. The number of carbonyl (C=O) groups is 1. The van der Waals surface area contributed by atoms with Gasteiger partial charge in [0.2, 0.25) is 5.91 Å². The summed E-state index contributed by atoms with van der Waals surface area (Å²) in [5.74, 6) is -0.684. The largest absolute Gasteiger partial charge is 0.417 e. The van der Waals surface area contributed by atoms with Gasteiger partial charge in [0.25, 0.3) is 0 Å². The third kappa shape index (κ3) is 2.73. The minimum absolute atomic E-state index is 0.169. The number of nitrogens with two attached hydrogens (primary N) is 1. The predicted octanol–water partition coefficient (Wildman–Crippen LogP) is 0.797. The number of hydrogen-bond acceptors (Lipinski definition) is 4. The van der Waals surface area contributed by atoms with Gasteiger partial charge in [0.15, 0.2) is 5.58 Å².